The minimum atomic E-state index is 0. The van der Waals surface area contributed by atoms with Crippen molar-refractivity contribution in [1.29, 1.82) is 0 Å². The first-order valence-electron chi connectivity index (χ1n) is 3.72. The van der Waals surface area contributed by atoms with Crippen molar-refractivity contribution in [3.8, 4) is 0 Å². The van der Waals surface area contributed by atoms with Gasteiger partial charge in [-0.3, -0.25) is 0 Å². The molecule has 0 amide bonds. The fourth-order valence-electron chi connectivity index (χ4n) is 0.947. The maximum Gasteiger partial charge on any atom is 0 e. The Hall–Kier alpha value is -1.78. The van der Waals surface area contributed by atoms with E-state index in [2.05, 4.69) is 39.0 Å². The van der Waals surface area contributed by atoms with Crippen LogP contribution in [0.15, 0.2) is 12.1 Å². The van der Waals surface area contributed by atoms with Gasteiger partial charge in [-0.2, -0.15) is 34.9 Å². The molecule has 1 aromatic rings. The second kappa shape index (κ2) is 3.40. The average molecular weight is 400 g/mol. The number of hydrogen-bond acceptors (Lipinski definition) is 0. The molecule has 0 bridgehead atoms. The second-order valence-electron chi connectivity index (χ2n) is 2.67. The monoisotopic (exact) mass is 400 g/mol. The standard InChI is InChI=1S/C10H13.Rf/c1-4-10-6-5-8(2)9(3)7-10;/h6-7H,4H2,1-3H3;/q-1;. The number of rotatable bonds is 1. The molecule has 0 atom stereocenters. The fourth-order valence-corrected chi connectivity index (χ4v) is 0.947. The Labute approximate surface area is 62.9 Å². The Morgan fingerprint density at radius 2 is 2.00 bits per heavy atom. The van der Waals surface area contributed by atoms with Gasteiger partial charge in [0, 0.05) is 0 Å². The zero-order valence-corrected chi connectivity index (χ0v) is 14.0. The van der Waals surface area contributed by atoms with E-state index in [0.29, 0.717) is 0 Å². The summed E-state index contributed by atoms with van der Waals surface area (Å²) in [5, 5.41) is 0. The van der Waals surface area contributed by atoms with Crippen LogP contribution >= 0.6 is 0 Å². The van der Waals surface area contributed by atoms with Crippen LogP contribution in [0, 0.1) is 19.9 Å². The maximum atomic E-state index is 3.22. The van der Waals surface area contributed by atoms with Gasteiger partial charge in [-0.05, 0) is 0 Å². The van der Waals surface area contributed by atoms with Gasteiger partial charge in [-0.15, -0.1) is 0 Å². The summed E-state index contributed by atoms with van der Waals surface area (Å²) in [6, 6.07) is 7.52. The van der Waals surface area contributed by atoms with Gasteiger partial charge >= 0.3 is 0 Å². The van der Waals surface area contributed by atoms with E-state index >= 15 is 0 Å². The van der Waals surface area contributed by atoms with Gasteiger partial charge < -0.3 is 0 Å². The summed E-state index contributed by atoms with van der Waals surface area (Å²) in [7, 11) is 0. The number of aryl methyl sites for hydroxylation is 3. The SMILES string of the molecule is CCc1c[c-]c(C)c(C)c1.[Rf]. The molecule has 0 radical (unpaired) electrons. The molecule has 0 N–H and O–H groups in total. The molecule has 0 aliphatic heterocycles. The normalized spacial score (nSPS) is 9.00. The molecule has 0 unspecified atom stereocenters. The molecule has 1 rings (SSSR count). The Bertz CT molecular complexity index is 228. The van der Waals surface area contributed by atoms with Crippen LogP contribution in [0.1, 0.15) is 23.6 Å². The second-order valence-corrected chi connectivity index (χ2v) is 2.67. The minimum absolute atomic E-state index is 0. The van der Waals surface area contributed by atoms with Gasteiger partial charge in [0.05, 0.1) is 0 Å². The van der Waals surface area contributed by atoms with Gasteiger partial charge in [0.25, 0.3) is 0 Å². The van der Waals surface area contributed by atoms with E-state index in [9.17, 15) is 0 Å². The third kappa shape index (κ3) is 1.82. The van der Waals surface area contributed by atoms with E-state index in [1.807, 2.05) is 0 Å². The molecule has 1 aromatic carbocycles. The fraction of sp³-hybridized carbons (Fsp3) is 0.400. The molecule has 56 valence electrons. The zero-order chi connectivity index (χ0) is 7.56. The van der Waals surface area contributed by atoms with Gasteiger partial charge in [0.15, 0.2) is 0 Å². The summed E-state index contributed by atoms with van der Waals surface area (Å²) in [5.74, 6) is 0. The Balaban J connectivity index is 0.000001000. The molecule has 0 saturated carbocycles. The molecule has 0 heterocycles. The van der Waals surface area contributed by atoms with E-state index < -0.39 is 0 Å². The number of hydrogen-bond donors (Lipinski definition) is 0. The van der Waals surface area contributed by atoms with E-state index in [-0.39, 0.29) is 0 Å². The van der Waals surface area contributed by atoms with Crippen molar-refractivity contribution in [2.45, 2.75) is 27.2 Å². The van der Waals surface area contributed by atoms with Crippen molar-refractivity contribution >= 4 is 0 Å². The summed E-state index contributed by atoms with van der Waals surface area (Å²) in [5.41, 5.74) is 3.99. The van der Waals surface area contributed by atoms with Crippen molar-refractivity contribution in [1.82, 2.24) is 0 Å². The summed E-state index contributed by atoms with van der Waals surface area (Å²) in [6.45, 7) is 6.39. The molecule has 1 heteroatoms. The Morgan fingerprint density at radius 1 is 1.36 bits per heavy atom. The van der Waals surface area contributed by atoms with Crippen molar-refractivity contribution in [3.63, 3.8) is 0 Å². The Kier molecular flexibility index (Phi) is 2.85. The van der Waals surface area contributed by atoms with E-state index in [0.717, 1.165) is 6.42 Å². The molecule has 0 aliphatic carbocycles. The molecule has 0 nitrogen and oxygen atoms in total. The molecule has 0 fully saturated rings. The van der Waals surface area contributed by atoms with Crippen LogP contribution in [-0.4, -0.2) is 0 Å². The minimum Gasteiger partial charge on any atom is -0.180 e. The summed E-state index contributed by atoms with van der Waals surface area (Å²) in [4.78, 5) is 0. The van der Waals surface area contributed by atoms with Gasteiger partial charge in [0.2, 0.25) is 0 Å². The van der Waals surface area contributed by atoms with Crippen LogP contribution in [0.2, 0.25) is 0 Å². The third-order valence-corrected chi connectivity index (χ3v) is 1.88. The van der Waals surface area contributed by atoms with Crippen LogP contribution < -0.4 is 0 Å². The maximum absolute atomic E-state index is 3.22. The van der Waals surface area contributed by atoms with Gasteiger partial charge in [0.1, 0.15) is 0 Å². The molecule has 0 aromatic heterocycles. The summed E-state index contributed by atoms with van der Waals surface area (Å²) < 4.78 is 0. The van der Waals surface area contributed by atoms with Crippen LogP contribution in [0.3, 0.4) is 0 Å². The first-order valence-corrected chi connectivity index (χ1v) is 3.72. The van der Waals surface area contributed by atoms with E-state index in [4.69, 9.17) is 0 Å². The van der Waals surface area contributed by atoms with Crippen LogP contribution in [0.25, 0.3) is 0 Å². The van der Waals surface area contributed by atoms with Crippen LogP contribution in [0.5, 0.6) is 0 Å². The molecule has 0 spiro atoms. The predicted octanol–water partition coefficient (Wildman–Crippen LogP) is 2.67. The molecular weight excluding hydrogens is 387 g/mol. The van der Waals surface area contributed by atoms with Crippen molar-refractivity contribution in [2.24, 2.45) is 0 Å². The van der Waals surface area contributed by atoms with Gasteiger partial charge in [-0.1, -0.05) is 27.2 Å². The predicted molar refractivity (Wildman–Crippen MR) is 44.1 cm³/mol. The number of benzene rings is 1. The smallest absolute Gasteiger partial charge is 0 e. The van der Waals surface area contributed by atoms with E-state index in [1.165, 1.54) is 16.7 Å². The van der Waals surface area contributed by atoms with Crippen molar-refractivity contribution in [3.05, 3.63) is 34.9 Å². The largest absolute Gasteiger partial charge is 0.180 e. The summed E-state index contributed by atoms with van der Waals surface area (Å²) >= 11 is 0. The van der Waals surface area contributed by atoms with Crippen LogP contribution in [0.4, 0.5) is 0 Å². The average Bonchev–Trinajstić information content (AvgIpc) is 1.95. The first-order chi connectivity index (χ1) is 4.74. The summed E-state index contributed by atoms with van der Waals surface area (Å²) in [6.07, 6.45) is 1.11. The van der Waals surface area contributed by atoms with Crippen LogP contribution in [-0.2, 0) is 6.42 Å². The van der Waals surface area contributed by atoms with Crippen molar-refractivity contribution < 1.29 is 0 Å². The molecular formula is C10H13Rf-. The molecule has 0 saturated heterocycles. The topological polar surface area (TPSA) is 0 Å². The molecule has 11 heavy (non-hydrogen) atoms. The first kappa shape index (κ1) is 9.22. The van der Waals surface area contributed by atoms with Crippen molar-refractivity contribution in [2.75, 3.05) is 0 Å². The molecule has 0 aliphatic rings. The third-order valence-electron chi connectivity index (χ3n) is 1.88. The quantitative estimate of drug-likeness (QED) is 0.637. The van der Waals surface area contributed by atoms with Gasteiger partial charge in [-0.25, -0.2) is 0 Å². The van der Waals surface area contributed by atoms with E-state index in [1.54, 1.807) is 0 Å². The Morgan fingerprint density at radius 3 is 2.45 bits per heavy atom. The zero-order valence-electron chi connectivity index (χ0n) is 7.57.